The maximum absolute atomic E-state index is 4.15. The highest BCUT2D eigenvalue weighted by Crippen LogP contribution is 2.19. The van der Waals surface area contributed by atoms with Gasteiger partial charge in [0.05, 0.1) is 5.69 Å². The van der Waals surface area contributed by atoms with Crippen molar-refractivity contribution in [2.75, 3.05) is 19.0 Å². The molecule has 1 aromatic rings. The molecule has 2 rings (SSSR count). The van der Waals surface area contributed by atoms with Crippen molar-refractivity contribution in [3.63, 3.8) is 0 Å². The monoisotopic (exact) mass is 192 g/mol. The maximum atomic E-state index is 4.15. The van der Waals surface area contributed by atoms with Crippen molar-refractivity contribution in [1.29, 1.82) is 0 Å². The normalized spacial score (nSPS) is 15.6. The quantitative estimate of drug-likeness (QED) is 0.766. The van der Waals surface area contributed by atoms with Gasteiger partial charge < -0.3 is 10.2 Å². The number of hydrogen-bond acceptors (Lipinski definition) is 4. The summed E-state index contributed by atoms with van der Waals surface area (Å²) in [5.41, 5.74) is 1.02. The van der Waals surface area contributed by atoms with Crippen molar-refractivity contribution >= 4 is 5.82 Å². The number of rotatable bonds is 4. The highest BCUT2D eigenvalue weighted by molar-refractivity contribution is 5.34. The van der Waals surface area contributed by atoms with Gasteiger partial charge in [0, 0.05) is 26.7 Å². The van der Waals surface area contributed by atoms with Crippen LogP contribution in [0.5, 0.6) is 0 Å². The molecule has 1 N–H and O–H groups in total. The second-order valence-corrected chi connectivity index (χ2v) is 3.93. The number of nitrogens with one attached hydrogen (secondary N) is 1. The summed E-state index contributed by atoms with van der Waals surface area (Å²) in [5.74, 6) is 0.903. The molecule has 0 radical (unpaired) electrons. The fourth-order valence-corrected chi connectivity index (χ4v) is 1.22. The minimum Gasteiger partial charge on any atom is -0.361 e. The van der Waals surface area contributed by atoms with E-state index in [1.807, 2.05) is 31.1 Å². The smallest absolute Gasteiger partial charge is 0.150 e. The first kappa shape index (κ1) is 9.40. The van der Waals surface area contributed by atoms with Crippen LogP contribution in [0.4, 0.5) is 5.82 Å². The third-order valence-corrected chi connectivity index (χ3v) is 2.31. The number of anilines is 1. The van der Waals surface area contributed by atoms with Crippen LogP contribution in [0.25, 0.3) is 0 Å². The molecule has 1 aliphatic rings. The van der Waals surface area contributed by atoms with Gasteiger partial charge in [0.25, 0.3) is 0 Å². The molecule has 1 heterocycles. The van der Waals surface area contributed by atoms with E-state index in [0.717, 1.165) is 24.1 Å². The van der Waals surface area contributed by atoms with E-state index in [-0.39, 0.29) is 0 Å². The van der Waals surface area contributed by atoms with Crippen LogP contribution in [0.1, 0.15) is 18.5 Å². The predicted molar refractivity (Wildman–Crippen MR) is 56.2 cm³/mol. The Morgan fingerprint density at radius 2 is 2.14 bits per heavy atom. The Bertz CT molecular complexity index is 289. The Morgan fingerprint density at radius 1 is 1.36 bits per heavy atom. The molecule has 0 aromatic carbocycles. The lowest BCUT2D eigenvalue weighted by Gasteiger charge is -2.10. The second kappa shape index (κ2) is 3.92. The molecule has 14 heavy (non-hydrogen) atoms. The van der Waals surface area contributed by atoms with Crippen LogP contribution >= 0.6 is 0 Å². The standard InChI is InChI=1S/C10H16N4/c1-14(2)10-6-5-9(12-13-10)7-11-8-3-4-8/h5-6,8,11H,3-4,7H2,1-2H3. The highest BCUT2D eigenvalue weighted by Gasteiger charge is 2.20. The predicted octanol–water partition coefficient (Wildman–Crippen LogP) is 0.795. The van der Waals surface area contributed by atoms with Gasteiger partial charge in [0.15, 0.2) is 5.82 Å². The van der Waals surface area contributed by atoms with Crippen LogP contribution in [0, 0.1) is 0 Å². The summed E-state index contributed by atoms with van der Waals surface area (Å²) in [4.78, 5) is 1.95. The summed E-state index contributed by atoms with van der Waals surface area (Å²) in [6.45, 7) is 0.839. The SMILES string of the molecule is CN(C)c1ccc(CNC2CC2)nn1. The van der Waals surface area contributed by atoms with Crippen LogP contribution < -0.4 is 10.2 Å². The Labute approximate surface area is 84.3 Å². The van der Waals surface area contributed by atoms with E-state index >= 15 is 0 Å². The second-order valence-electron chi connectivity index (χ2n) is 3.93. The lowest BCUT2D eigenvalue weighted by atomic mass is 10.3. The molecule has 0 saturated heterocycles. The molecule has 76 valence electrons. The molecule has 1 aromatic heterocycles. The van der Waals surface area contributed by atoms with E-state index in [2.05, 4.69) is 15.5 Å². The zero-order valence-electron chi connectivity index (χ0n) is 8.70. The van der Waals surface area contributed by atoms with Crippen molar-refractivity contribution in [3.8, 4) is 0 Å². The van der Waals surface area contributed by atoms with Gasteiger partial charge in [-0.1, -0.05) is 0 Å². The van der Waals surface area contributed by atoms with E-state index in [1.54, 1.807) is 0 Å². The van der Waals surface area contributed by atoms with Gasteiger partial charge in [-0.25, -0.2) is 0 Å². The fraction of sp³-hybridized carbons (Fsp3) is 0.600. The van der Waals surface area contributed by atoms with Gasteiger partial charge in [-0.2, -0.15) is 5.10 Å². The summed E-state index contributed by atoms with van der Waals surface area (Å²) < 4.78 is 0. The third kappa shape index (κ3) is 2.42. The van der Waals surface area contributed by atoms with Crippen molar-refractivity contribution < 1.29 is 0 Å². The van der Waals surface area contributed by atoms with E-state index in [0.29, 0.717) is 0 Å². The minimum absolute atomic E-state index is 0.727. The van der Waals surface area contributed by atoms with Gasteiger partial charge in [-0.3, -0.25) is 0 Å². The van der Waals surface area contributed by atoms with Crippen molar-refractivity contribution in [3.05, 3.63) is 17.8 Å². The number of aromatic nitrogens is 2. The van der Waals surface area contributed by atoms with Gasteiger partial charge in [-0.15, -0.1) is 5.10 Å². The zero-order valence-corrected chi connectivity index (χ0v) is 8.70. The van der Waals surface area contributed by atoms with Crippen molar-refractivity contribution in [1.82, 2.24) is 15.5 Å². The topological polar surface area (TPSA) is 41.0 Å². The summed E-state index contributed by atoms with van der Waals surface area (Å²) in [6.07, 6.45) is 2.62. The van der Waals surface area contributed by atoms with Crippen LogP contribution in [-0.2, 0) is 6.54 Å². The van der Waals surface area contributed by atoms with Crippen molar-refractivity contribution in [2.45, 2.75) is 25.4 Å². The molecular formula is C10H16N4. The largest absolute Gasteiger partial charge is 0.361 e. The molecule has 0 bridgehead atoms. The first-order valence-corrected chi connectivity index (χ1v) is 4.99. The molecular weight excluding hydrogens is 176 g/mol. The number of nitrogens with zero attached hydrogens (tertiary/aromatic N) is 3. The molecule has 0 atom stereocenters. The van der Waals surface area contributed by atoms with E-state index < -0.39 is 0 Å². The van der Waals surface area contributed by atoms with Crippen LogP contribution in [0.2, 0.25) is 0 Å². The molecule has 1 fully saturated rings. The van der Waals surface area contributed by atoms with E-state index in [9.17, 15) is 0 Å². The Balaban J connectivity index is 1.91. The molecule has 1 aliphatic carbocycles. The lowest BCUT2D eigenvalue weighted by Crippen LogP contribution is -2.17. The number of hydrogen-bond donors (Lipinski definition) is 1. The third-order valence-electron chi connectivity index (χ3n) is 2.31. The van der Waals surface area contributed by atoms with E-state index in [4.69, 9.17) is 0 Å². The molecule has 0 aliphatic heterocycles. The summed E-state index contributed by atoms with van der Waals surface area (Å²) in [5, 5.41) is 11.7. The zero-order chi connectivity index (χ0) is 9.97. The van der Waals surface area contributed by atoms with Gasteiger partial charge in [0.1, 0.15) is 0 Å². The van der Waals surface area contributed by atoms with Crippen LogP contribution in [-0.4, -0.2) is 30.3 Å². The van der Waals surface area contributed by atoms with Crippen LogP contribution in [0.3, 0.4) is 0 Å². The van der Waals surface area contributed by atoms with E-state index in [1.165, 1.54) is 12.8 Å². The Hall–Kier alpha value is -1.16. The molecule has 1 saturated carbocycles. The lowest BCUT2D eigenvalue weighted by molar-refractivity contribution is 0.665. The summed E-state index contributed by atoms with van der Waals surface area (Å²) in [7, 11) is 3.93. The average molecular weight is 192 g/mol. The first-order chi connectivity index (χ1) is 6.75. The van der Waals surface area contributed by atoms with Gasteiger partial charge >= 0.3 is 0 Å². The molecule has 0 unspecified atom stereocenters. The Kier molecular flexibility index (Phi) is 2.63. The first-order valence-electron chi connectivity index (χ1n) is 4.99. The molecule has 0 amide bonds. The van der Waals surface area contributed by atoms with Gasteiger partial charge in [0.2, 0.25) is 0 Å². The summed E-state index contributed by atoms with van der Waals surface area (Å²) >= 11 is 0. The molecule has 4 nitrogen and oxygen atoms in total. The average Bonchev–Trinajstić information content (AvgIpc) is 2.99. The molecule has 0 spiro atoms. The highest BCUT2D eigenvalue weighted by atomic mass is 15.2. The fourth-order valence-electron chi connectivity index (χ4n) is 1.22. The molecule has 4 heteroatoms. The minimum atomic E-state index is 0.727. The van der Waals surface area contributed by atoms with Crippen molar-refractivity contribution in [2.24, 2.45) is 0 Å². The van der Waals surface area contributed by atoms with Crippen LogP contribution in [0.15, 0.2) is 12.1 Å². The summed E-state index contributed by atoms with van der Waals surface area (Å²) in [6, 6.07) is 4.75. The Morgan fingerprint density at radius 3 is 2.64 bits per heavy atom. The maximum Gasteiger partial charge on any atom is 0.150 e. The van der Waals surface area contributed by atoms with Gasteiger partial charge in [-0.05, 0) is 25.0 Å².